The molecule has 0 aliphatic carbocycles. The van der Waals surface area contributed by atoms with Crippen molar-refractivity contribution in [1.82, 2.24) is 15.6 Å². The zero-order valence-electron chi connectivity index (χ0n) is 16.5. The Morgan fingerprint density at radius 3 is 2.52 bits per heavy atom. The Morgan fingerprint density at radius 1 is 1.23 bits per heavy atom. The Morgan fingerprint density at radius 2 is 1.90 bits per heavy atom. The number of nitrogens with zero attached hydrogens (tertiary/aromatic N) is 3. The molecule has 2 aliphatic heterocycles. The molecular formula is C18H21F4N5O4. The van der Waals surface area contributed by atoms with Gasteiger partial charge in [-0.1, -0.05) is 0 Å². The van der Waals surface area contributed by atoms with Crippen LogP contribution < -0.4 is 20.7 Å². The molecule has 0 unspecified atom stereocenters. The zero-order chi connectivity index (χ0) is 22.7. The van der Waals surface area contributed by atoms with Crippen LogP contribution in [0.25, 0.3) is 0 Å². The molecule has 2 fully saturated rings. The van der Waals surface area contributed by atoms with Crippen LogP contribution in [-0.2, 0) is 14.3 Å². The summed E-state index contributed by atoms with van der Waals surface area (Å²) in [5, 5.41) is 3.60. The number of rotatable bonds is 5. The summed E-state index contributed by atoms with van der Waals surface area (Å²) < 4.78 is 59.9. The number of carbonyl (C=O) groups is 3. The van der Waals surface area contributed by atoms with Gasteiger partial charge in [0.2, 0.25) is 5.91 Å². The van der Waals surface area contributed by atoms with Crippen LogP contribution in [0.2, 0.25) is 0 Å². The molecule has 1 aromatic carbocycles. The van der Waals surface area contributed by atoms with Crippen molar-refractivity contribution in [3.05, 3.63) is 23.8 Å². The highest BCUT2D eigenvalue weighted by Crippen LogP contribution is 2.30. The smallest absolute Gasteiger partial charge is 0.414 e. The average Bonchev–Trinajstić information content (AvgIpc) is 2.91. The predicted molar refractivity (Wildman–Crippen MR) is 101 cm³/mol. The highest BCUT2D eigenvalue weighted by molar-refractivity contribution is 5.90. The van der Waals surface area contributed by atoms with Gasteiger partial charge in [0.25, 0.3) is 5.91 Å². The first-order valence-electron chi connectivity index (χ1n) is 9.47. The number of cyclic esters (lactones) is 1. The molecule has 3 amide bonds. The van der Waals surface area contributed by atoms with Gasteiger partial charge in [0.15, 0.2) is 11.6 Å². The van der Waals surface area contributed by atoms with E-state index in [1.54, 1.807) is 0 Å². The second-order valence-electron chi connectivity index (χ2n) is 7.00. The summed E-state index contributed by atoms with van der Waals surface area (Å²) in [6.45, 7) is 1.04. The number of hydrogen-bond donors (Lipinski definition) is 2. The van der Waals surface area contributed by atoms with Gasteiger partial charge in [0.1, 0.15) is 11.8 Å². The first-order valence-corrected chi connectivity index (χ1v) is 9.47. The van der Waals surface area contributed by atoms with E-state index in [9.17, 15) is 31.9 Å². The summed E-state index contributed by atoms with van der Waals surface area (Å²) in [5.74, 6) is -3.64. The van der Waals surface area contributed by atoms with Gasteiger partial charge in [-0.15, -0.1) is 0 Å². The minimum atomic E-state index is -3.16. The van der Waals surface area contributed by atoms with Crippen molar-refractivity contribution in [2.24, 2.45) is 0 Å². The quantitative estimate of drug-likeness (QED) is 0.650. The van der Waals surface area contributed by atoms with E-state index in [1.165, 1.54) is 6.92 Å². The fraction of sp³-hybridized carbons (Fsp3) is 0.500. The molecule has 9 nitrogen and oxygen atoms in total. The molecule has 0 radical (unpaired) electrons. The predicted octanol–water partition coefficient (Wildman–Crippen LogP) is 0.844. The molecule has 1 atom stereocenters. The minimum absolute atomic E-state index is 0.00992. The highest BCUT2D eigenvalue weighted by atomic mass is 19.3. The normalized spacial score (nSPS) is 19.5. The largest absolute Gasteiger partial charge is 0.442 e. The van der Waals surface area contributed by atoms with Crippen LogP contribution in [0, 0.1) is 11.6 Å². The van der Waals surface area contributed by atoms with Gasteiger partial charge < -0.3 is 20.0 Å². The van der Waals surface area contributed by atoms with Crippen molar-refractivity contribution < 1.29 is 36.7 Å². The van der Waals surface area contributed by atoms with Crippen molar-refractivity contribution >= 4 is 29.3 Å². The van der Waals surface area contributed by atoms with Crippen molar-refractivity contribution in [1.29, 1.82) is 0 Å². The van der Waals surface area contributed by atoms with E-state index in [4.69, 9.17) is 4.74 Å². The Hall–Kier alpha value is -3.09. The topological polar surface area (TPSA) is 94.2 Å². The maximum Gasteiger partial charge on any atom is 0.414 e. The van der Waals surface area contributed by atoms with Crippen molar-refractivity contribution in [2.75, 3.05) is 49.2 Å². The molecule has 2 heterocycles. The van der Waals surface area contributed by atoms with Gasteiger partial charge >= 0.3 is 12.5 Å². The number of anilines is 2. The molecule has 0 bridgehead atoms. The zero-order valence-corrected chi connectivity index (χ0v) is 16.5. The number of halogens is 4. The number of alkyl halides is 2. The molecule has 170 valence electrons. The number of hydrazine groups is 1. The average molecular weight is 447 g/mol. The molecule has 2 N–H and O–H groups in total. The molecule has 0 saturated carbocycles. The molecule has 3 rings (SSSR count). The van der Waals surface area contributed by atoms with Crippen LogP contribution in [0.4, 0.5) is 33.7 Å². The van der Waals surface area contributed by atoms with E-state index in [-0.39, 0.29) is 50.9 Å². The number of benzene rings is 1. The third-order valence-corrected chi connectivity index (χ3v) is 4.81. The van der Waals surface area contributed by atoms with Crippen molar-refractivity contribution in [2.45, 2.75) is 19.5 Å². The summed E-state index contributed by atoms with van der Waals surface area (Å²) >= 11 is 0. The van der Waals surface area contributed by atoms with Gasteiger partial charge in [0, 0.05) is 38.7 Å². The summed E-state index contributed by atoms with van der Waals surface area (Å²) in [5.41, 5.74) is 2.17. The molecule has 1 aromatic rings. The van der Waals surface area contributed by atoms with E-state index >= 15 is 0 Å². The maximum atomic E-state index is 14.8. The molecule has 0 spiro atoms. The van der Waals surface area contributed by atoms with Gasteiger partial charge in [-0.2, -0.15) is 8.78 Å². The van der Waals surface area contributed by atoms with Gasteiger partial charge in [-0.25, -0.2) is 19.0 Å². The fourth-order valence-corrected chi connectivity index (χ4v) is 3.34. The number of hydrogen-bond acceptors (Lipinski definition) is 6. The number of ether oxygens (including phenoxy) is 1. The Labute approximate surface area is 174 Å². The summed E-state index contributed by atoms with van der Waals surface area (Å²) in [4.78, 5) is 36.5. The first-order chi connectivity index (χ1) is 14.7. The van der Waals surface area contributed by atoms with Crippen LogP contribution >= 0.6 is 0 Å². The minimum Gasteiger partial charge on any atom is -0.442 e. The summed E-state index contributed by atoms with van der Waals surface area (Å²) in [6.07, 6.45) is -4.64. The third-order valence-electron chi connectivity index (χ3n) is 4.81. The van der Waals surface area contributed by atoms with Gasteiger partial charge in [0.05, 0.1) is 25.3 Å². The standard InChI is InChI=1S/C18H21F4N5O4/c1-10(28)23-8-12-9-26(18(30)31-12)11-6-13(19)15(14(20)7-11)27-5-4-25(3-2-24-27)17(29)16(21)22/h6-7,12,16,24H,2-5,8-9H2,1H3,(H,23,28)/t12-/m0/s1. The van der Waals surface area contributed by atoms with Crippen molar-refractivity contribution in [3.8, 4) is 0 Å². The van der Waals surface area contributed by atoms with Gasteiger partial charge in [-0.05, 0) is 0 Å². The lowest BCUT2D eigenvalue weighted by Gasteiger charge is -2.25. The van der Waals surface area contributed by atoms with Crippen molar-refractivity contribution in [3.63, 3.8) is 0 Å². The highest BCUT2D eigenvalue weighted by Gasteiger charge is 2.34. The van der Waals surface area contributed by atoms with E-state index in [1.807, 2.05) is 0 Å². The van der Waals surface area contributed by atoms with E-state index in [2.05, 4.69) is 10.7 Å². The van der Waals surface area contributed by atoms with E-state index in [0.717, 1.165) is 26.9 Å². The fourth-order valence-electron chi connectivity index (χ4n) is 3.34. The Kier molecular flexibility index (Phi) is 6.83. The van der Waals surface area contributed by atoms with Crippen LogP contribution in [0.3, 0.4) is 0 Å². The molecule has 31 heavy (non-hydrogen) atoms. The molecule has 13 heteroatoms. The maximum absolute atomic E-state index is 14.8. The first kappa shape index (κ1) is 22.6. The second kappa shape index (κ2) is 9.37. The van der Waals surface area contributed by atoms with Crippen LogP contribution in [0.5, 0.6) is 0 Å². The lowest BCUT2D eigenvalue weighted by atomic mass is 10.2. The van der Waals surface area contributed by atoms with Crippen LogP contribution in [0.15, 0.2) is 12.1 Å². The molecular weight excluding hydrogens is 426 g/mol. The number of carbonyl (C=O) groups excluding carboxylic acids is 3. The molecule has 2 aliphatic rings. The van der Waals surface area contributed by atoms with Crippen LogP contribution in [-0.4, -0.2) is 74.6 Å². The van der Waals surface area contributed by atoms with E-state index < -0.39 is 41.9 Å². The lowest BCUT2D eigenvalue weighted by Crippen LogP contribution is -2.40. The third kappa shape index (κ3) is 5.16. The second-order valence-corrected chi connectivity index (χ2v) is 7.00. The van der Waals surface area contributed by atoms with Gasteiger partial charge in [-0.3, -0.25) is 14.5 Å². The number of nitrogens with one attached hydrogen (secondary N) is 2. The monoisotopic (exact) mass is 447 g/mol. The summed E-state index contributed by atoms with van der Waals surface area (Å²) in [6, 6.07) is 1.91. The lowest BCUT2D eigenvalue weighted by molar-refractivity contribution is -0.142. The Balaban J connectivity index is 1.73. The Bertz CT molecular complexity index is 848. The van der Waals surface area contributed by atoms with Crippen LogP contribution in [0.1, 0.15) is 6.92 Å². The van der Waals surface area contributed by atoms with E-state index in [0.29, 0.717) is 0 Å². The SMILES string of the molecule is CC(=O)NC[C@H]1CN(c2cc(F)c(N3CCN(C(=O)C(F)F)CCN3)c(F)c2)C(=O)O1. The number of amides is 3. The molecule has 0 aromatic heterocycles. The molecule has 2 saturated heterocycles. The summed E-state index contributed by atoms with van der Waals surface area (Å²) in [7, 11) is 0.